The van der Waals surface area contributed by atoms with Gasteiger partial charge in [-0.3, -0.25) is 9.69 Å². The predicted molar refractivity (Wildman–Crippen MR) is 85.2 cm³/mol. The molecule has 0 aromatic heterocycles. The fourth-order valence-electron chi connectivity index (χ4n) is 2.37. The molecule has 0 amide bonds. The average molecular weight is 350 g/mol. The Bertz CT molecular complexity index is 515. The van der Waals surface area contributed by atoms with Crippen molar-refractivity contribution < 1.29 is 14.6 Å². The van der Waals surface area contributed by atoms with E-state index in [1.54, 1.807) is 23.9 Å². The summed E-state index contributed by atoms with van der Waals surface area (Å²) in [6.45, 7) is 1.16. The van der Waals surface area contributed by atoms with Crippen molar-refractivity contribution in [2.75, 3.05) is 26.0 Å². The van der Waals surface area contributed by atoms with Gasteiger partial charge in [-0.25, -0.2) is 0 Å². The number of aliphatic hydroxyl groups is 1. The zero-order chi connectivity index (χ0) is 15.4. The largest absolute Gasteiger partial charge is 0.468 e. The molecule has 2 rings (SSSR count). The van der Waals surface area contributed by atoms with Crippen molar-refractivity contribution in [1.29, 1.82) is 0 Å². The number of carbonyl (C=O) groups excluding carboxylic acids is 1. The van der Waals surface area contributed by atoms with E-state index in [4.69, 9.17) is 27.9 Å². The topological polar surface area (TPSA) is 49.8 Å². The van der Waals surface area contributed by atoms with E-state index >= 15 is 0 Å². The van der Waals surface area contributed by atoms with Gasteiger partial charge in [-0.05, 0) is 18.2 Å². The lowest BCUT2D eigenvalue weighted by Gasteiger charge is -2.21. The van der Waals surface area contributed by atoms with Crippen molar-refractivity contribution in [2.24, 2.45) is 0 Å². The van der Waals surface area contributed by atoms with Crippen LogP contribution in [0.5, 0.6) is 0 Å². The Hall–Kier alpha value is -0.460. The second kappa shape index (κ2) is 7.70. The molecular weight excluding hydrogens is 333 g/mol. The Morgan fingerprint density at radius 2 is 2.29 bits per heavy atom. The molecule has 116 valence electrons. The Kier molecular flexibility index (Phi) is 6.20. The van der Waals surface area contributed by atoms with Crippen LogP contribution in [0.15, 0.2) is 23.1 Å². The van der Waals surface area contributed by atoms with Crippen LogP contribution in [0.3, 0.4) is 0 Å². The minimum atomic E-state index is -0.478. The second-order valence-electron chi connectivity index (χ2n) is 4.85. The van der Waals surface area contributed by atoms with Gasteiger partial charge in [0.15, 0.2) is 0 Å². The monoisotopic (exact) mass is 349 g/mol. The summed E-state index contributed by atoms with van der Waals surface area (Å²) >= 11 is 13.6. The molecule has 1 aromatic rings. The van der Waals surface area contributed by atoms with Crippen molar-refractivity contribution in [3.63, 3.8) is 0 Å². The molecule has 1 fully saturated rings. The van der Waals surface area contributed by atoms with E-state index in [9.17, 15) is 9.90 Å². The molecule has 7 heteroatoms. The lowest BCUT2D eigenvalue weighted by atomic mass is 10.2. The molecule has 0 radical (unpaired) electrons. The summed E-state index contributed by atoms with van der Waals surface area (Å²) in [6, 6.07) is 4.98. The molecule has 0 bridgehead atoms. The lowest BCUT2D eigenvalue weighted by Crippen LogP contribution is -2.38. The van der Waals surface area contributed by atoms with E-state index < -0.39 is 6.10 Å². The van der Waals surface area contributed by atoms with Crippen LogP contribution in [-0.4, -0.2) is 54.1 Å². The van der Waals surface area contributed by atoms with Gasteiger partial charge in [-0.2, -0.15) is 0 Å². The first-order chi connectivity index (χ1) is 10.0. The Morgan fingerprint density at radius 3 is 3.00 bits per heavy atom. The Morgan fingerprint density at radius 1 is 1.52 bits per heavy atom. The highest BCUT2D eigenvalue weighted by molar-refractivity contribution is 7.99. The smallest absolute Gasteiger partial charge is 0.323 e. The zero-order valence-corrected chi connectivity index (χ0v) is 13.9. The lowest BCUT2D eigenvalue weighted by molar-refractivity contribution is -0.145. The van der Waals surface area contributed by atoms with E-state index in [0.29, 0.717) is 29.6 Å². The van der Waals surface area contributed by atoms with Gasteiger partial charge in [0.2, 0.25) is 0 Å². The number of methoxy groups -OCH3 is 1. The standard InChI is InChI=1S/C14H17Cl2NO3S/c1-20-14(19)12-7-10(18)8-17(12)4-5-21-13-6-9(15)2-3-11(13)16/h2-3,6,10,12,18H,4-5,7-8H2,1H3. The number of β-amino-alcohol motifs (C(OH)–C–C–N with tert-alkyl or cyclic N) is 1. The summed E-state index contributed by atoms with van der Waals surface area (Å²) in [6.07, 6.45) is -0.0521. The molecule has 21 heavy (non-hydrogen) atoms. The van der Waals surface area contributed by atoms with E-state index in [1.165, 1.54) is 7.11 Å². The molecule has 0 spiro atoms. The van der Waals surface area contributed by atoms with Gasteiger partial charge >= 0.3 is 5.97 Å². The number of carbonyl (C=O) groups is 1. The highest BCUT2D eigenvalue weighted by Crippen LogP contribution is 2.30. The van der Waals surface area contributed by atoms with Crippen LogP contribution in [0.2, 0.25) is 10.0 Å². The third kappa shape index (κ3) is 4.50. The van der Waals surface area contributed by atoms with Crippen LogP contribution >= 0.6 is 35.0 Å². The van der Waals surface area contributed by atoms with Crippen molar-refractivity contribution in [3.8, 4) is 0 Å². The fraction of sp³-hybridized carbons (Fsp3) is 0.500. The molecule has 2 unspecified atom stereocenters. The van der Waals surface area contributed by atoms with E-state index in [0.717, 1.165) is 10.6 Å². The van der Waals surface area contributed by atoms with Gasteiger partial charge in [-0.1, -0.05) is 23.2 Å². The van der Waals surface area contributed by atoms with Crippen LogP contribution in [-0.2, 0) is 9.53 Å². The molecule has 2 atom stereocenters. The van der Waals surface area contributed by atoms with Crippen LogP contribution in [0.4, 0.5) is 0 Å². The number of benzene rings is 1. The third-order valence-electron chi connectivity index (χ3n) is 3.38. The summed E-state index contributed by atoms with van der Waals surface area (Å²) in [4.78, 5) is 14.5. The van der Waals surface area contributed by atoms with Crippen molar-refractivity contribution >= 4 is 40.9 Å². The van der Waals surface area contributed by atoms with Gasteiger partial charge in [0.1, 0.15) is 6.04 Å². The Balaban J connectivity index is 1.90. The zero-order valence-electron chi connectivity index (χ0n) is 11.6. The van der Waals surface area contributed by atoms with Crippen LogP contribution in [0, 0.1) is 0 Å². The van der Waals surface area contributed by atoms with Gasteiger partial charge in [0.05, 0.1) is 18.2 Å². The number of hydrogen-bond donors (Lipinski definition) is 1. The van der Waals surface area contributed by atoms with E-state index in [2.05, 4.69) is 0 Å². The summed E-state index contributed by atoms with van der Waals surface area (Å²) in [5.41, 5.74) is 0. The van der Waals surface area contributed by atoms with E-state index in [1.807, 2.05) is 11.0 Å². The van der Waals surface area contributed by atoms with Crippen LogP contribution in [0.25, 0.3) is 0 Å². The number of aliphatic hydroxyl groups excluding tert-OH is 1. The molecule has 1 N–H and O–H groups in total. The average Bonchev–Trinajstić information content (AvgIpc) is 2.83. The minimum Gasteiger partial charge on any atom is -0.468 e. The normalized spacial score (nSPS) is 22.5. The van der Waals surface area contributed by atoms with Gasteiger partial charge < -0.3 is 9.84 Å². The molecule has 4 nitrogen and oxygen atoms in total. The number of halogens is 2. The minimum absolute atomic E-state index is 0.294. The van der Waals surface area contributed by atoms with Crippen molar-refractivity contribution in [3.05, 3.63) is 28.2 Å². The third-order valence-corrected chi connectivity index (χ3v) is 5.10. The maximum absolute atomic E-state index is 11.7. The molecule has 1 saturated heterocycles. The SMILES string of the molecule is COC(=O)C1CC(O)CN1CCSc1cc(Cl)ccc1Cl. The van der Waals surface area contributed by atoms with Crippen LogP contribution in [0.1, 0.15) is 6.42 Å². The summed E-state index contributed by atoms with van der Waals surface area (Å²) in [5, 5.41) is 11.0. The highest BCUT2D eigenvalue weighted by Gasteiger charge is 2.36. The quantitative estimate of drug-likeness (QED) is 0.654. The number of esters is 1. The number of likely N-dealkylation sites (tertiary alicyclic amines) is 1. The molecule has 1 aliphatic rings. The molecule has 1 aromatic carbocycles. The van der Waals surface area contributed by atoms with Gasteiger partial charge in [0, 0.05) is 35.2 Å². The fourth-order valence-corrected chi connectivity index (χ4v) is 3.85. The number of thioether (sulfide) groups is 1. The first kappa shape index (κ1) is 16.9. The van der Waals surface area contributed by atoms with Gasteiger partial charge in [0.25, 0.3) is 0 Å². The summed E-state index contributed by atoms with van der Waals surface area (Å²) in [5.74, 6) is 0.456. The summed E-state index contributed by atoms with van der Waals surface area (Å²) in [7, 11) is 1.37. The number of hydrogen-bond acceptors (Lipinski definition) is 5. The van der Waals surface area contributed by atoms with E-state index in [-0.39, 0.29) is 12.0 Å². The molecule has 1 heterocycles. The number of ether oxygens (including phenoxy) is 1. The molecule has 0 saturated carbocycles. The van der Waals surface area contributed by atoms with Crippen molar-refractivity contribution in [1.82, 2.24) is 4.90 Å². The van der Waals surface area contributed by atoms with Crippen LogP contribution < -0.4 is 0 Å². The number of rotatable bonds is 5. The first-order valence-corrected chi connectivity index (χ1v) is 8.33. The first-order valence-electron chi connectivity index (χ1n) is 6.59. The maximum atomic E-state index is 11.7. The maximum Gasteiger partial charge on any atom is 0.323 e. The molecule has 0 aliphatic carbocycles. The number of nitrogens with zero attached hydrogens (tertiary/aromatic N) is 1. The Labute approximate surface area is 138 Å². The predicted octanol–water partition coefficient (Wildman–Crippen LogP) is 2.69. The van der Waals surface area contributed by atoms with Gasteiger partial charge in [-0.15, -0.1) is 11.8 Å². The molecular formula is C14H17Cl2NO3S. The second-order valence-corrected chi connectivity index (χ2v) is 6.83. The molecule has 1 aliphatic heterocycles. The summed E-state index contributed by atoms with van der Waals surface area (Å²) < 4.78 is 4.78. The highest BCUT2D eigenvalue weighted by atomic mass is 35.5. The van der Waals surface area contributed by atoms with Crippen molar-refractivity contribution in [2.45, 2.75) is 23.5 Å².